The molecular formula is C20H18F3N5O3S2. The number of nitrogens with one attached hydrogen (secondary N) is 1. The number of aromatic nitrogens is 3. The van der Waals surface area contributed by atoms with E-state index in [9.17, 15) is 26.4 Å². The highest BCUT2D eigenvalue weighted by molar-refractivity contribution is 7.89. The van der Waals surface area contributed by atoms with E-state index >= 15 is 0 Å². The molecule has 1 fully saturated rings. The Bertz CT molecular complexity index is 1240. The van der Waals surface area contributed by atoms with Crippen LogP contribution in [-0.2, 0) is 21.0 Å². The minimum atomic E-state index is -4.64. The molecule has 8 nitrogen and oxygen atoms in total. The molecule has 0 aliphatic carbocycles. The molecule has 3 heterocycles. The number of halogens is 3. The van der Waals surface area contributed by atoms with Crippen molar-refractivity contribution < 1.29 is 26.4 Å². The molecule has 0 atom stereocenters. The Kier molecular flexibility index (Phi) is 6.45. The molecule has 3 aromatic rings. The Morgan fingerprint density at radius 1 is 1.09 bits per heavy atom. The lowest BCUT2D eigenvalue weighted by molar-refractivity contribution is -0.137. The molecule has 33 heavy (non-hydrogen) atoms. The summed E-state index contributed by atoms with van der Waals surface area (Å²) in [5.41, 5.74) is -0.399. The van der Waals surface area contributed by atoms with Crippen LogP contribution in [0.5, 0.6) is 0 Å². The molecule has 1 aliphatic rings. The first kappa shape index (κ1) is 23.3. The van der Waals surface area contributed by atoms with Crippen LogP contribution in [0.3, 0.4) is 0 Å². The molecule has 1 aliphatic heterocycles. The Balaban J connectivity index is 1.38. The van der Waals surface area contributed by atoms with Crippen molar-refractivity contribution in [3.05, 3.63) is 54.2 Å². The highest BCUT2D eigenvalue weighted by Gasteiger charge is 2.35. The Labute approximate surface area is 191 Å². The molecular weight excluding hydrogens is 479 g/mol. The maximum absolute atomic E-state index is 13.0. The normalized spacial score (nSPS) is 16.0. The number of hydrogen-bond donors (Lipinski definition) is 1. The molecule has 0 spiro atoms. The van der Waals surface area contributed by atoms with E-state index < -0.39 is 32.6 Å². The van der Waals surface area contributed by atoms with Gasteiger partial charge in [-0.15, -0.1) is 10.2 Å². The van der Waals surface area contributed by atoms with Gasteiger partial charge in [0, 0.05) is 25.2 Å². The quantitative estimate of drug-likeness (QED) is 0.577. The number of alkyl halides is 3. The van der Waals surface area contributed by atoms with Gasteiger partial charge in [0.2, 0.25) is 21.1 Å². The van der Waals surface area contributed by atoms with Crippen molar-refractivity contribution in [2.24, 2.45) is 5.92 Å². The molecule has 0 radical (unpaired) electrons. The van der Waals surface area contributed by atoms with Crippen LogP contribution in [0.25, 0.3) is 10.7 Å². The number of anilines is 1. The summed E-state index contributed by atoms with van der Waals surface area (Å²) < 4.78 is 65.6. The van der Waals surface area contributed by atoms with Crippen LogP contribution in [-0.4, -0.2) is 46.9 Å². The molecule has 1 amide bonds. The first-order chi connectivity index (χ1) is 15.6. The van der Waals surface area contributed by atoms with Crippen LogP contribution in [0.2, 0.25) is 0 Å². The lowest BCUT2D eigenvalue weighted by Gasteiger charge is -2.30. The molecule has 174 valence electrons. The monoisotopic (exact) mass is 497 g/mol. The van der Waals surface area contributed by atoms with Gasteiger partial charge in [-0.05, 0) is 43.2 Å². The molecule has 4 rings (SSSR count). The smallest absolute Gasteiger partial charge is 0.300 e. The summed E-state index contributed by atoms with van der Waals surface area (Å²) >= 11 is 1.17. The Morgan fingerprint density at radius 3 is 2.52 bits per heavy atom. The summed E-state index contributed by atoms with van der Waals surface area (Å²) in [5, 5.41) is 11.5. The minimum absolute atomic E-state index is 0.0198. The number of piperidine rings is 1. The maximum Gasteiger partial charge on any atom is 0.416 e. The van der Waals surface area contributed by atoms with E-state index in [4.69, 9.17) is 0 Å². The van der Waals surface area contributed by atoms with Crippen molar-refractivity contribution in [2.45, 2.75) is 23.9 Å². The van der Waals surface area contributed by atoms with Crippen molar-refractivity contribution in [2.75, 3.05) is 18.4 Å². The zero-order valence-electron chi connectivity index (χ0n) is 17.0. The molecule has 0 bridgehead atoms. The first-order valence-corrected chi connectivity index (χ1v) is 12.1. The van der Waals surface area contributed by atoms with E-state index in [1.807, 2.05) is 6.07 Å². The van der Waals surface area contributed by atoms with Crippen molar-refractivity contribution in [3.8, 4) is 10.7 Å². The second-order valence-electron chi connectivity index (χ2n) is 7.32. The van der Waals surface area contributed by atoms with Crippen LogP contribution < -0.4 is 5.32 Å². The highest BCUT2D eigenvalue weighted by atomic mass is 32.2. The number of carbonyl (C=O) groups is 1. The van der Waals surface area contributed by atoms with Crippen LogP contribution in [0.15, 0.2) is 53.6 Å². The predicted molar refractivity (Wildman–Crippen MR) is 115 cm³/mol. The van der Waals surface area contributed by atoms with Gasteiger partial charge < -0.3 is 5.32 Å². The minimum Gasteiger partial charge on any atom is -0.300 e. The average Bonchev–Trinajstić information content (AvgIpc) is 3.28. The third kappa shape index (κ3) is 5.20. The Hall–Kier alpha value is -2.90. The molecule has 1 saturated heterocycles. The van der Waals surface area contributed by atoms with Gasteiger partial charge in [-0.2, -0.15) is 17.5 Å². The van der Waals surface area contributed by atoms with E-state index in [0.29, 0.717) is 21.9 Å². The first-order valence-electron chi connectivity index (χ1n) is 9.88. The van der Waals surface area contributed by atoms with Gasteiger partial charge in [0.15, 0.2) is 5.01 Å². The van der Waals surface area contributed by atoms with Crippen LogP contribution >= 0.6 is 11.3 Å². The number of carbonyl (C=O) groups excluding carboxylic acids is 1. The van der Waals surface area contributed by atoms with E-state index in [-0.39, 0.29) is 31.8 Å². The summed E-state index contributed by atoms with van der Waals surface area (Å²) in [4.78, 5) is 16.4. The van der Waals surface area contributed by atoms with Crippen LogP contribution in [0, 0.1) is 5.92 Å². The topological polar surface area (TPSA) is 105 Å². The van der Waals surface area contributed by atoms with Gasteiger partial charge in [-0.1, -0.05) is 23.5 Å². The fourth-order valence-corrected chi connectivity index (χ4v) is 5.65. The fourth-order valence-electron chi connectivity index (χ4n) is 3.41. The number of nitrogens with zero attached hydrogens (tertiary/aromatic N) is 4. The number of amides is 1. The summed E-state index contributed by atoms with van der Waals surface area (Å²) in [6.45, 7) is 0.0396. The lowest BCUT2D eigenvalue weighted by Crippen LogP contribution is -2.41. The fraction of sp³-hybridized carbons (Fsp3) is 0.300. The molecule has 1 aromatic carbocycles. The van der Waals surface area contributed by atoms with E-state index in [1.54, 1.807) is 18.3 Å². The number of benzene rings is 1. The summed E-state index contributed by atoms with van der Waals surface area (Å²) in [6, 6.07) is 9.00. The van der Waals surface area contributed by atoms with Crippen molar-refractivity contribution >= 4 is 32.4 Å². The van der Waals surface area contributed by atoms with Gasteiger partial charge in [0.05, 0.1) is 10.5 Å². The Morgan fingerprint density at radius 2 is 1.85 bits per heavy atom. The van der Waals surface area contributed by atoms with E-state index in [0.717, 1.165) is 22.5 Å². The third-order valence-corrected chi connectivity index (χ3v) is 7.92. The van der Waals surface area contributed by atoms with E-state index in [1.165, 1.54) is 11.3 Å². The maximum atomic E-state index is 13.0. The molecule has 13 heteroatoms. The van der Waals surface area contributed by atoms with E-state index in [2.05, 4.69) is 20.5 Å². The van der Waals surface area contributed by atoms with Gasteiger partial charge in [-0.3, -0.25) is 9.78 Å². The number of rotatable bonds is 5. The predicted octanol–water partition coefficient (Wildman–Crippen LogP) is 3.66. The number of sulfonamides is 1. The van der Waals surface area contributed by atoms with Crippen molar-refractivity contribution in [3.63, 3.8) is 0 Å². The number of pyridine rings is 1. The lowest BCUT2D eigenvalue weighted by atomic mass is 9.97. The summed E-state index contributed by atoms with van der Waals surface area (Å²) in [5.74, 6) is -0.769. The van der Waals surface area contributed by atoms with Crippen LogP contribution in [0.1, 0.15) is 18.4 Å². The average molecular weight is 498 g/mol. The molecule has 0 unspecified atom stereocenters. The molecule has 2 aromatic heterocycles. The molecule has 0 saturated carbocycles. The highest BCUT2D eigenvalue weighted by Crippen LogP contribution is 2.32. The number of hydrogen-bond acceptors (Lipinski definition) is 7. The van der Waals surface area contributed by atoms with Gasteiger partial charge >= 0.3 is 6.18 Å². The summed E-state index contributed by atoms with van der Waals surface area (Å²) in [7, 11) is -4.11. The van der Waals surface area contributed by atoms with Gasteiger partial charge in [-0.25, -0.2) is 8.42 Å². The largest absolute Gasteiger partial charge is 0.416 e. The van der Waals surface area contributed by atoms with Crippen molar-refractivity contribution in [1.29, 1.82) is 0 Å². The SMILES string of the molecule is O=C(Nc1nnc(-c2ccccn2)s1)C1CCN(S(=O)(=O)c2cccc(C(F)(F)F)c2)CC1. The van der Waals surface area contributed by atoms with Crippen LogP contribution in [0.4, 0.5) is 18.3 Å². The summed E-state index contributed by atoms with van der Waals surface area (Å²) in [6.07, 6.45) is -2.56. The molecule has 1 N–H and O–H groups in total. The third-order valence-electron chi connectivity index (χ3n) is 5.16. The van der Waals surface area contributed by atoms with Gasteiger partial charge in [0.1, 0.15) is 5.69 Å². The van der Waals surface area contributed by atoms with Gasteiger partial charge in [0.25, 0.3) is 0 Å². The zero-order chi connectivity index (χ0) is 23.6. The second-order valence-corrected chi connectivity index (χ2v) is 10.2. The zero-order valence-corrected chi connectivity index (χ0v) is 18.6. The second kappa shape index (κ2) is 9.15. The van der Waals surface area contributed by atoms with Crippen molar-refractivity contribution in [1.82, 2.24) is 19.5 Å². The standard InChI is InChI=1S/C20H18F3N5O3S2/c21-20(22,23)14-4-3-5-15(12-14)33(30,31)28-10-7-13(8-11-28)17(29)25-19-27-26-18(32-19)16-6-1-2-9-24-16/h1-6,9,12-13H,7-8,10-11H2,(H,25,27,29).